The number of carbonyl (C=O) groups excluding carboxylic acids is 1. The second-order valence-corrected chi connectivity index (χ2v) is 8.57. The fraction of sp³-hybridized carbons (Fsp3) is 0.435. The zero-order chi connectivity index (χ0) is 21.6. The van der Waals surface area contributed by atoms with Gasteiger partial charge in [-0.2, -0.15) is 5.26 Å². The van der Waals surface area contributed by atoms with Gasteiger partial charge in [0.15, 0.2) is 0 Å². The van der Waals surface area contributed by atoms with E-state index in [0.29, 0.717) is 30.6 Å². The van der Waals surface area contributed by atoms with Gasteiger partial charge in [0.25, 0.3) is 0 Å². The van der Waals surface area contributed by atoms with Crippen LogP contribution in [0.1, 0.15) is 43.2 Å². The number of benzene rings is 1. The zero-order valence-corrected chi connectivity index (χ0v) is 17.0. The summed E-state index contributed by atoms with van der Waals surface area (Å²) in [7, 11) is 0. The number of pyridine rings is 1. The number of nitriles is 1. The summed E-state index contributed by atoms with van der Waals surface area (Å²) in [4.78, 5) is 21.4. The Hall–Kier alpha value is -3.05. The molecule has 160 valence electrons. The van der Waals surface area contributed by atoms with Crippen molar-refractivity contribution >= 4 is 11.7 Å². The number of aromatic nitrogens is 1. The summed E-state index contributed by atoms with van der Waals surface area (Å²) in [6, 6.07) is 9.59. The van der Waals surface area contributed by atoms with E-state index in [0.717, 1.165) is 37.6 Å². The Labute approximate surface area is 179 Å². The van der Waals surface area contributed by atoms with Crippen LogP contribution in [-0.4, -0.2) is 41.1 Å². The molecule has 1 saturated carbocycles. The monoisotopic (exact) mass is 423 g/mol. The van der Waals surface area contributed by atoms with Crippen LogP contribution in [0.25, 0.3) is 0 Å². The third-order valence-electron chi connectivity index (χ3n) is 6.70. The number of amides is 1. The van der Waals surface area contributed by atoms with Crippen LogP contribution >= 0.6 is 0 Å². The molecule has 1 aromatic carbocycles. The quantitative estimate of drug-likeness (QED) is 0.773. The van der Waals surface area contributed by atoms with Gasteiger partial charge in [-0.05, 0) is 43.9 Å². The third kappa shape index (κ3) is 3.53. The fourth-order valence-electron chi connectivity index (χ4n) is 5.01. The first-order chi connectivity index (χ1) is 15.0. The van der Waals surface area contributed by atoms with E-state index in [1.165, 1.54) is 12.1 Å². The fourth-order valence-corrected chi connectivity index (χ4v) is 5.01. The van der Waals surface area contributed by atoms with Gasteiger partial charge < -0.3 is 15.1 Å². The molecule has 2 aliphatic heterocycles. The Morgan fingerprint density at radius 3 is 2.77 bits per heavy atom. The lowest BCUT2D eigenvalue weighted by atomic mass is 10.0. The van der Waals surface area contributed by atoms with Crippen LogP contribution in [-0.2, 0) is 10.3 Å². The van der Waals surface area contributed by atoms with Gasteiger partial charge in [-0.15, -0.1) is 0 Å². The smallest absolute Gasteiger partial charge is 0.225 e. The number of nitrogens with zero attached hydrogens (tertiary/aromatic N) is 4. The average molecular weight is 423 g/mol. The van der Waals surface area contributed by atoms with Crippen molar-refractivity contribution < 1.29 is 13.6 Å². The molecule has 0 radical (unpaired) electrons. The summed E-state index contributed by atoms with van der Waals surface area (Å²) < 4.78 is 27.4. The molecule has 2 bridgehead atoms. The molecule has 1 amide bonds. The number of anilines is 1. The molecule has 3 heterocycles. The maximum Gasteiger partial charge on any atom is 0.225 e. The van der Waals surface area contributed by atoms with Crippen molar-refractivity contribution in [3.8, 4) is 6.07 Å². The predicted molar refractivity (Wildman–Crippen MR) is 110 cm³/mol. The van der Waals surface area contributed by atoms with Gasteiger partial charge in [-0.25, -0.2) is 13.8 Å². The normalized spacial score (nSPS) is 23.1. The van der Waals surface area contributed by atoms with Gasteiger partial charge in [0.1, 0.15) is 29.7 Å². The molecular weight excluding hydrogens is 400 g/mol. The second kappa shape index (κ2) is 7.57. The van der Waals surface area contributed by atoms with E-state index in [2.05, 4.69) is 21.3 Å². The van der Waals surface area contributed by atoms with E-state index in [1.54, 1.807) is 12.3 Å². The summed E-state index contributed by atoms with van der Waals surface area (Å²) in [5.74, 6) is -0.270. The number of piperidine rings is 1. The van der Waals surface area contributed by atoms with E-state index in [4.69, 9.17) is 5.26 Å². The molecule has 2 saturated heterocycles. The topological polar surface area (TPSA) is 72.3 Å². The van der Waals surface area contributed by atoms with E-state index in [1.807, 2.05) is 11.0 Å². The minimum absolute atomic E-state index is 0.0117. The lowest BCUT2D eigenvalue weighted by Gasteiger charge is -2.28. The van der Waals surface area contributed by atoms with Crippen molar-refractivity contribution in [2.24, 2.45) is 0 Å². The molecule has 2 aromatic rings. The lowest BCUT2D eigenvalue weighted by molar-refractivity contribution is -0.132. The van der Waals surface area contributed by atoms with Crippen LogP contribution in [0.2, 0.25) is 0 Å². The molecule has 2 unspecified atom stereocenters. The summed E-state index contributed by atoms with van der Waals surface area (Å²) in [6.45, 7) is 1.11. The van der Waals surface area contributed by atoms with Crippen molar-refractivity contribution in [1.29, 1.82) is 5.26 Å². The zero-order valence-electron chi connectivity index (χ0n) is 17.0. The molecule has 2 atom stereocenters. The molecule has 1 N–H and O–H groups in total. The number of rotatable bonds is 6. The summed E-state index contributed by atoms with van der Waals surface area (Å²) in [5.41, 5.74) is 0.501. The highest BCUT2D eigenvalue weighted by atomic mass is 19.1. The number of likely N-dealkylation sites (tertiary alicyclic amines) is 1. The van der Waals surface area contributed by atoms with E-state index in [9.17, 15) is 13.6 Å². The van der Waals surface area contributed by atoms with Crippen molar-refractivity contribution in [3.05, 3.63) is 59.3 Å². The minimum Gasteiger partial charge on any atom is -0.331 e. The molecule has 3 fully saturated rings. The highest BCUT2D eigenvalue weighted by Crippen LogP contribution is 2.46. The summed E-state index contributed by atoms with van der Waals surface area (Å²) >= 11 is 0. The number of nitrogens with one attached hydrogen (secondary N) is 1. The van der Waals surface area contributed by atoms with Crippen molar-refractivity contribution in [3.63, 3.8) is 0 Å². The van der Waals surface area contributed by atoms with Crippen molar-refractivity contribution in [2.75, 3.05) is 18.0 Å². The van der Waals surface area contributed by atoms with Gasteiger partial charge in [0.05, 0.1) is 11.6 Å². The highest BCUT2D eigenvalue weighted by Gasteiger charge is 2.48. The first-order valence-corrected chi connectivity index (χ1v) is 10.7. The summed E-state index contributed by atoms with van der Waals surface area (Å²) in [5, 5.41) is 12.3. The molecule has 3 aliphatic rings. The highest BCUT2D eigenvalue weighted by molar-refractivity contribution is 5.78. The van der Waals surface area contributed by atoms with Crippen molar-refractivity contribution in [1.82, 2.24) is 15.2 Å². The molecule has 1 aromatic heterocycles. The van der Waals surface area contributed by atoms with Crippen LogP contribution in [0.3, 0.4) is 0 Å². The molecule has 6 nitrogen and oxygen atoms in total. The van der Waals surface area contributed by atoms with Crippen LogP contribution in [0.4, 0.5) is 14.6 Å². The maximum absolute atomic E-state index is 14.2. The van der Waals surface area contributed by atoms with Gasteiger partial charge in [-0.1, -0.05) is 6.07 Å². The van der Waals surface area contributed by atoms with Gasteiger partial charge in [0, 0.05) is 42.9 Å². The number of fused-ring (bicyclic) bond motifs is 2. The van der Waals surface area contributed by atoms with Gasteiger partial charge in [-0.3, -0.25) is 4.79 Å². The molecule has 31 heavy (non-hydrogen) atoms. The average Bonchev–Trinajstić information content (AvgIpc) is 3.31. The number of halogens is 2. The van der Waals surface area contributed by atoms with Crippen LogP contribution in [0.15, 0.2) is 36.5 Å². The SMILES string of the molecule is N#Cc1ccc(N2C3CCC2N(C(=O)CCNC2(c4ccc(F)cc4F)CC2)C3)nc1. The second-order valence-electron chi connectivity index (χ2n) is 8.57. The Morgan fingerprint density at radius 2 is 2.10 bits per heavy atom. The van der Waals surface area contributed by atoms with Crippen LogP contribution < -0.4 is 10.2 Å². The van der Waals surface area contributed by atoms with E-state index < -0.39 is 17.2 Å². The molecule has 8 heteroatoms. The molecule has 0 spiro atoms. The first kappa shape index (κ1) is 19.9. The number of hydrogen-bond donors (Lipinski definition) is 1. The van der Waals surface area contributed by atoms with Gasteiger partial charge >= 0.3 is 0 Å². The van der Waals surface area contributed by atoms with E-state index >= 15 is 0 Å². The molecular formula is C23H23F2N5O. The largest absolute Gasteiger partial charge is 0.331 e. The minimum atomic E-state index is -0.586. The van der Waals surface area contributed by atoms with Crippen molar-refractivity contribution in [2.45, 2.75) is 49.9 Å². The standard InChI is InChI=1S/C23H23F2N5O/c24-16-2-4-18(19(25)11-16)23(8-9-23)28-10-7-22(31)29-14-17-3-6-21(29)30(17)20-5-1-15(12-26)13-27-20/h1-2,4-5,11,13,17,21,28H,3,6-10,14H2. The number of carbonyl (C=O) groups is 1. The maximum atomic E-state index is 14.2. The third-order valence-corrected chi connectivity index (χ3v) is 6.70. The van der Waals surface area contributed by atoms with Crippen LogP contribution in [0.5, 0.6) is 0 Å². The Bertz CT molecular complexity index is 1050. The predicted octanol–water partition coefficient (Wildman–Crippen LogP) is 3.04. The van der Waals surface area contributed by atoms with E-state index in [-0.39, 0.29) is 18.1 Å². The lowest BCUT2D eigenvalue weighted by Crippen LogP contribution is -2.42. The molecule has 1 aliphatic carbocycles. The van der Waals surface area contributed by atoms with Gasteiger partial charge in [0.2, 0.25) is 5.91 Å². The Balaban J connectivity index is 1.20. The first-order valence-electron chi connectivity index (χ1n) is 10.7. The Kier molecular flexibility index (Phi) is 4.86. The summed E-state index contributed by atoms with van der Waals surface area (Å²) in [6.07, 6.45) is 5.33. The number of hydrogen-bond acceptors (Lipinski definition) is 5. The molecule has 5 rings (SSSR count). The Morgan fingerprint density at radius 1 is 1.26 bits per heavy atom. The van der Waals surface area contributed by atoms with Crippen LogP contribution in [0, 0.1) is 23.0 Å².